The Hall–Kier alpha value is -0.420. The average Bonchev–Trinajstić information content (AvgIpc) is 2.99. The lowest BCUT2D eigenvalue weighted by atomic mass is 9.95. The molecular formula is C14H24O4. The normalized spacial score (nSPS) is 29.3. The molecule has 0 amide bonds. The van der Waals surface area contributed by atoms with Crippen molar-refractivity contribution in [2.75, 3.05) is 46.2 Å². The summed E-state index contributed by atoms with van der Waals surface area (Å²) in [5.41, 5.74) is 0. The first-order valence-electron chi connectivity index (χ1n) is 6.92. The SMILES string of the molecule is OCCOCCOCCOC[C@H]1C[C@@H]2C=C[C@@H]1C2. The molecule has 0 aromatic heterocycles. The van der Waals surface area contributed by atoms with Gasteiger partial charge in [0.1, 0.15) is 0 Å². The van der Waals surface area contributed by atoms with Crippen molar-refractivity contribution in [3.63, 3.8) is 0 Å². The number of hydrogen-bond donors (Lipinski definition) is 1. The molecule has 1 N–H and O–H groups in total. The van der Waals surface area contributed by atoms with Crippen LogP contribution in [0.15, 0.2) is 12.2 Å². The van der Waals surface area contributed by atoms with Gasteiger partial charge in [-0.05, 0) is 30.6 Å². The summed E-state index contributed by atoms with van der Waals surface area (Å²) < 4.78 is 16.1. The third-order valence-electron chi connectivity index (χ3n) is 3.73. The zero-order valence-electron chi connectivity index (χ0n) is 10.9. The molecule has 0 aliphatic heterocycles. The van der Waals surface area contributed by atoms with Crippen LogP contribution >= 0.6 is 0 Å². The van der Waals surface area contributed by atoms with Crippen LogP contribution in [0.4, 0.5) is 0 Å². The van der Waals surface area contributed by atoms with E-state index in [1.54, 1.807) is 0 Å². The van der Waals surface area contributed by atoms with Gasteiger partial charge >= 0.3 is 0 Å². The minimum atomic E-state index is 0.0705. The molecule has 1 saturated carbocycles. The zero-order chi connectivity index (χ0) is 12.6. The van der Waals surface area contributed by atoms with Crippen molar-refractivity contribution in [1.82, 2.24) is 0 Å². The maximum Gasteiger partial charge on any atom is 0.0701 e. The van der Waals surface area contributed by atoms with E-state index in [9.17, 15) is 0 Å². The third-order valence-corrected chi connectivity index (χ3v) is 3.73. The molecule has 1 fully saturated rings. The topological polar surface area (TPSA) is 47.9 Å². The van der Waals surface area contributed by atoms with Crippen molar-refractivity contribution in [3.8, 4) is 0 Å². The number of fused-ring (bicyclic) bond motifs is 2. The molecule has 3 atom stereocenters. The number of aliphatic hydroxyl groups excluding tert-OH is 1. The van der Waals surface area contributed by atoms with E-state index in [1.807, 2.05) is 0 Å². The fraction of sp³-hybridized carbons (Fsp3) is 0.857. The lowest BCUT2D eigenvalue weighted by Crippen LogP contribution is -2.17. The summed E-state index contributed by atoms with van der Waals surface area (Å²) in [6.45, 7) is 3.73. The van der Waals surface area contributed by atoms with Gasteiger partial charge in [-0.15, -0.1) is 0 Å². The van der Waals surface area contributed by atoms with Crippen LogP contribution in [0, 0.1) is 17.8 Å². The van der Waals surface area contributed by atoms with Crippen molar-refractivity contribution in [2.45, 2.75) is 12.8 Å². The predicted octanol–water partition coefficient (Wildman–Crippen LogP) is 1.24. The molecule has 2 rings (SSSR count). The lowest BCUT2D eigenvalue weighted by molar-refractivity contribution is 0.000270. The van der Waals surface area contributed by atoms with Gasteiger partial charge in [-0.3, -0.25) is 0 Å². The second kappa shape index (κ2) is 7.89. The molecule has 0 heterocycles. The van der Waals surface area contributed by atoms with E-state index in [0.29, 0.717) is 33.0 Å². The maximum atomic E-state index is 8.50. The smallest absolute Gasteiger partial charge is 0.0701 e. The van der Waals surface area contributed by atoms with Crippen LogP contribution in [0.5, 0.6) is 0 Å². The van der Waals surface area contributed by atoms with Crippen molar-refractivity contribution in [1.29, 1.82) is 0 Å². The minimum absolute atomic E-state index is 0.0705. The molecule has 2 bridgehead atoms. The highest BCUT2D eigenvalue weighted by Gasteiger charge is 2.35. The summed E-state index contributed by atoms with van der Waals surface area (Å²) in [6.07, 6.45) is 7.36. The first kappa shape index (κ1) is 14.0. The molecule has 2 aliphatic rings. The summed E-state index contributed by atoms with van der Waals surface area (Å²) >= 11 is 0. The number of rotatable bonds is 10. The summed E-state index contributed by atoms with van der Waals surface area (Å²) in [4.78, 5) is 0. The van der Waals surface area contributed by atoms with Crippen LogP contribution in [-0.4, -0.2) is 51.4 Å². The number of hydrogen-bond acceptors (Lipinski definition) is 4. The molecule has 104 valence electrons. The van der Waals surface area contributed by atoms with Gasteiger partial charge in [0.15, 0.2) is 0 Å². The monoisotopic (exact) mass is 256 g/mol. The quantitative estimate of drug-likeness (QED) is 0.472. The maximum absolute atomic E-state index is 8.50. The van der Waals surface area contributed by atoms with Gasteiger partial charge in [-0.25, -0.2) is 0 Å². The Morgan fingerprint density at radius 1 is 0.889 bits per heavy atom. The first-order valence-corrected chi connectivity index (χ1v) is 6.92. The van der Waals surface area contributed by atoms with Gasteiger partial charge in [-0.2, -0.15) is 0 Å². The number of allylic oxidation sites excluding steroid dienone is 2. The van der Waals surface area contributed by atoms with E-state index in [1.165, 1.54) is 12.8 Å². The summed E-state index contributed by atoms with van der Waals surface area (Å²) in [5.74, 6) is 2.32. The third kappa shape index (κ3) is 4.35. The van der Waals surface area contributed by atoms with E-state index in [4.69, 9.17) is 19.3 Å². The Balaban J connectivity index is 1.37. The highest BCUT2D eigenvalue weighted by Crippen LogP contribution is 2.43. The summed E-state index contributed by atoms with van der Waals surface area (Å²) in [6, 6.07) is 0. The average molecular weight is 256 g/mol. The largest absolute Gasteiger partial charge is 0.394 e. The Bertz CT molecular complexity index is 254. The van der Waals surface area contributed by atoms with Crippen LogP contribution in [-0.2, 0) is 14.2 Å². The standard InChI is InChI=1S/C14H24O4/c15-3-4-16-5-6-17-7-8-18-11-14-10-12-1-2-13(14)9-12/h1-2,12-15H,3-11H2/t12-,13-,14-/m1/s1. The molecule has 0 unspecified atom stereocenters. The van der Waals surface area contributed by atoms with E-state index >= 15 is 0 Å². The van der Waals surface area contributed by atoms with Crippen LogP contribution in [0.25, 0.3) is 0 Å². The molecule has 0 radical (unpaired) electrons. The van der Waals surface area contributed by atoms with Gasteiger partial charge in [0, 0.05) is 0 Å². The van der Waals surface area contributed by atoms with Gasteiger partial charge in [0.25, 0.3) is 0 Å². The predicted molar refractivity (Wildman–Crippen MR) is 68.4 cm³/mol. The Kier molecular flexibility index (Phi) is 6.14. The van der Waals surface area contributed by atoms with Crippen molar-refractivity contribution in [2.24, 2.45) is 17.8 Å². The van der Waals surface area contributed by atoms with Gasteiger partial charge in [-0.1, -0.05) is 12.2 Å². The summed E-state index contributed by atoms with van der Waals surface area (Å²) in [5, 5.41) is 8.50. The van der Waals surface area contributed by atoms with Crippen molar-refractivity contribution >= 4 is 0 Å². The zero-order valence-corrected chi connectivity index (χ0v) is 10.9. The first-order chi connectivity index (χ1) is 8.90. The lowest BCUT2D eigenvalue weighted by Gasteiger charge is -2.17. The van der Waals surface area contributed by atoms with E-state index in [-0.39, 0.29) is 6.61 Å². The fourth-order valence-electron chi connectivity index (χ4n) is 2.83. The fourth-order valence-corrected chi connectivity index (χ4v) is 2.83. The molecule has 2 aliphatic carbocycles. The van der Waals surface area contributed by atoms with Crippen LogP contribution in [0.3, 0.4) is 0 Å². The van der Waals surface area contributed by atoms with Crippen LogP contribution in [0.2, 0.25) is 0 Å². The van der Waals surface area contributed by atoms with Crippen LogP contribution in [0.1, 0.15) is 12.8 Å². The van der Waals surface area contributed by atoms with Crippen molar-refractivity contribution in [3.05, 3.63) is 12.2 Å². The molecule has 4 heteroatoms. The van der Waals surface area contributed by atoms with Crippen molar-refractivity contribution < 1.29 is 19.3 Å². The van der Waals surface area contributed by atoms with Crippen LogP contribution < -0.4 is 0 Å². The highest BCUT2D eigenvalue weighted by atomic mass is 16.5. The number of ether oxygens (including phenoxy) is 3. The Morgan fingerprint density at radius 3 is 2.22 bits per heavy atom. The Morgan fingerprint density at radius 2 is 1.61 bits per heavy atom. The second-order valence-corrected chi connectivity index (χ2v) is 5.06. The molecule has 0 spiro atoms. The molecule has 0 aromatic rings. The molecular weight excluding hydrogens is 232 g/mol. The Labute approximate surface area is 109 Å². The molecule has 18 heavy (non-hydrogen) atoms. The number of aliphatic hydroxyl groups is 1. The van der Waals surface area contributed by atoms with E-state index in [0.717, 1.165) is 24.4 Å². The molecule has 0 aromatic carbocycles. The molecule has 0 saturated heterocycles. The van der Waals surface area contributed by atoms with Gasteiger partial charge in [0.05, 0.1) is 46.2 Å². The highest BCUT2D eigenvalue weighted by molar-refractivity contribution is 5.09. The summed E-state index contributed by atoms with van der Waals surface area (Å²) in [7, 11) is 0. The second-order valence-electron chi connectivity index (χ2n) is 5.06. The molecule has 4 nitrogen and oxygen atoms in total. The van der Waals surface area contributed by atoms with E-state index < -0.39 is 0 Å². The minimum Gasteiger partial charge on any atom is -0.394 e. The van der Waals surface area contributed by atoms with Gasteiger partial charge < -0.3 is 19.3 Å². The van der Waals surface area contributed by atoms with E-state index in [2.05, 4.69) is 12.2 Å². The van der Waals surface area contributed by atoms with Gasteiger partial charge in [0.2, 0.25) is 0 Å².